The molecule has 1 saturated carbocycles. The number of ether oxygens (including phenoxy) is 2. The van der Waals surface area contributed by atoms with Gasteiger partial charge in [0, 0.05) is 29.3 Å². The molecule has 104 valence electrons. The molecule has 19 heavy (non-hydrogen) atoms. The van der Waals surface area contributed by atoms with E-state index in [0.717, 1.165) is 25.7 Å². The zero-order chi connectivity index (χ0) is 13.9. The van der Waals surface area contributed by atoms with Crippen molar-refractivity contribution in [2.24, 2.45) is 5.41 Å². The maximum Gasteiger partial charge on any atom is 0.230 e. The van der Waals surface area contributed by atoms with Crippen molar-refractivity contribution in [2.45, 2.75) is 32.6 Å². The largest absolute Gasteiger partial charge is 0.497 e. The molecule has 4 heteroatoms. The van der Waals surface area contributed by atoms with Gasteiger partial charge in [0.1, 0.15) is 11.5 Å². The Kier molecular flexibility index (Phi) is 3.98. The number of anilines is 1. The van der Waals surface area contributed by atoms with Gasteiger partial charge in [0.2, 0.25) is 5.91 Å². The van der Waals surface area contributed by atoms with E-state index in [9.17, 15) is 4.79 Å². The highest BCUT2D eigenvalue weighted by Gasteiger charge is 2.36. The van der Waals surface area contributed by atoms with E-state index in [-0.39, 0.29) is 11.3 Å². The van der Waals surface area contributed by atoms with Crippen LogP contribution in [-0.4, -0.2) is 20.1 Å². The zero-order valence-electron chi connectivity index (χ0n) is 11.8. The summed E-state index contributed by atoms with van der Waals surface area (Å²) in [5.74, 6) is 1.43. The standard InChI is InChI=1S/C15H21NO3/c1-15(6-4-5-7-15)14(17)16-11-8-12(18-2)10-13(9-11)19-3/h8-10H,4-7H2,1-3H3,(H,16,17). The minimum atomic E-state index is -0.240. The predicted octanol–water partition coefficient (Wildman–Crippen LogP) is 3.22. The summed E-state index contributed by atoms with van der Waals surface area (Å²) in [4.78, 5) is 12.3. The Labute approximate surface area is 114 Å². The van der Waals surface area contributed by atoms with Gasteiger partial charge in [0.25, 0.3) is 0 Å². The van der Waals surface area contributed by atoms with Crippen LogP contribution in [0.3, 0.4) is 0 Å². The Morgan fingerprint density at radius 2 is 1.63 bits per heavy atom. The molecule has 0 bridgehead atoms. The SMILES string of the molecule is COc1cc(NC(=O)C2(C)CCCC2)cc(OC)c1. The minimum Gasteiger partial charge on any atom is -0.497 e. The van der Waals surface area contributed by atoms with Crippen molar-refractivity contribution in [2.75, 3.05) is 19.5 Å². The predicted molar refractivity (Wildman–Crippen MR) is 74.8 cm³/mol. The molecule has 0 saturated heterocycles. The molecule has 1 aliphatic carbocycles. The van der Waals surface area contributed by atoms with Crippen molar-refractivity contribution in [3.8, 4) is 11.5 Å². The van der Waals surface area contributed by atoms with Gasteiger partial charge in [-0.2, -0.15) is 0 Å². The van der Waals surface area contributed by atoms with Crippen LogP contribution in [-0.2, 0) is 4.79 Å². The number of nitrogens with one attached hydrogen (secondary N) is 1. The summed E-state index contributed by atoms with van der Waals surface area (Å²) in [7, 11) is 3.19. The molecule has 0 atom stereocenters. The monoisotopic (exact) mass is 263 g/mol. The van der Waals surface area contributed by atoms with Crippen LogP contribution in [0, 0.1) is 5.41 Å². The lowest BCUT2D eigenvalue weighted by atomic mass is 9.88. The number of hydrogen-bond acceptors (Lipinski definition) is 3. The van der Waals surface area contributed by atoms with Crippen molar-refractivity contribution >= 4 is 11.6 Å². The number of hydrogen-bond donors (Lipinski definition) is 1. The molecule has 2 rings (SSSR count). The molecule has 1 fully saturated rings. The summed E-state index contributed by atoms with van der Waals surface area (Å²) in [5.41, 5.74) is 0.477. The Hall–Kier alpha value is -1.71. The molecule has 1 aliphatic rings. The van der Waals surface area contributed by atoms with Crippen molar-refractivity contribution in [3.05, 3.63) is 18.2 Å². The maximum absolute atomic E-state index is 12.3. The van der Waals surface area contributed by atoms with Crippen LogP contribution >= 0.6 is 0 Å². The van der Waals surface area contributed by atoms with E-state index in [1.54, 1.807) is 32.4 Å². The van der Waals surface area contributed by atoms with E-state index >= 15 is 0 Å². The first-order valence-electron chi connectivity index (χ1n) is 6.62. The fourth-order valence-corrected chi connectivity index (χ4v) is 2.54. The third kappa shape index (κ3) is 3.00. The molecular weight excluding hydrogens is 242 g/mol. The van der Waals surface area contributed by atoms with Crippen molar-refractivity contribution in [3.63, 3.8) is 0 Å². The molecule has 0 aromatic heterocycles. The molecule has 0 heterocycles. The third-order valence-electron chi connectivity index (χ3n) is 3.86. The summed E-state index contributed by atoms with van der Waals surface area (Å²) >= 11 is 0. The van der Waals surface area contributed by atoms with Crippen LogP contribution < -0.4 is 14.8 Å². The van der Waals surface area contributed by atoms with Gasteiger partial charge in [-0.3, -0.25) is 4.79 Å². The second-order valence-corrected chi connectivity index (χ2v) is 5.32. The lowest BCUT2D eigenvalue weighted by Gasteiger charge is -2.22. The van der Waals surface area contributed by atoms with Crippen molar-refractivity contribution in [1.82, 2.24) is 0 Å². The Morgan fingerprint density at radius 3 is 2.11 bits per heavy atom. The molecule has 1 N–H and O–H groups in total. The molecule has 0 aliphatic heterocycles. The second-order valence-electron chi connectivity index (χ2n) is 5.32. The molecule has 1 amide bonds. The van der Waals surface area contributed by atoms with E-state index in [2.05, 4.69) is 5.32 Å². The number of rotatable bonds is 4. The van der Waals surface area contributed by atoms with E-state index < -0.39 is 0 Å². The summed E-state index contributed by atoms with van der Waals surface area (Å²) in [6, 6.07) is 5.39. The number of amides is 1. The minimum absolute atomic E-state index is 0.0836. The van der Waals surface area contributed by atoms with Gasteiger partial charge >= 0.3 is 0 Å². The average molecular weight is 263 g/mol. The summed E-state index contributed by atoms with van der Waals surface area (Å²) in [6.07, 6.45) is 4.18. The molecule has 0 unspecified atom stereocenters. The zero-order valence-corrected chi connectivity index (χ0v) is 11.8. The van der Waals surface area contributed by atoms with Gasteiger partial charge in [-0.05, 0) is 12.8 Å². The molecule has 4 nitrogen and oxygen atoms in total. The van der Waals surface area contributed by atoms with Gasteiger partial charge in [0.05, 0.1) is 14.2 Å². The first-order valence-corrected chi connectivity index (χ1v) is 6.62. The van der Waals surface area contributed by atoms with Gasteiger partial charge in [-0.1, -0.05) is 19.8 Å². The van der Waals surface area contributed by atoms with E-state index in [4.69, 9.17) is 9.47 Å². The highest BCUT2D eigenvalue weighted by molar-refractivity contribution is 5.95. The second kappa shape index (κ2) is 5.51. The van der Waals surface area contributed by atoms with E-state index in [1.807, 2.05) is 6.92 Å². The molecule has 1 aromatic carbocycles. The highest BCUT2D eigenvalue weighted by atomic mass is 16.5. The van der Waals surface area contributed by atoms with Crippen LogP contribution in [0.5, 0.6) is 11.5 Å². The number of carbonyl (C=O) groups is 1. The van der Waals surface area contributed by atoms with Crippen molar-refractivity contribution < 1.29 is 14.3 Å². The summed E-state index contributed by atoms with van der Waals surface area (Å²) in [5, 5.41) is 2.97. The summed E-state index contributed by atoms with van der Waals surface area (Å²) in [6.45, 7) is 2.03. The summed E-state index contributed by atoms with van der Waals surface area (Å²) < 4.78 is 10.4. The van der Waals surface area contributed by atoms with Gasteiger partial charge in [-0.15, -0.1) is 0 Å². The van der Waals surface area contributed by atoms with Gasteiger partial charge in [0.15, 0.2) is 0 Å². The first kappa shape index (κ1) is 13.7. The number of methoxy groups -OCH3 is 2. The lowest BCUT2D eigenvalue weighted by Crippen LogP contribution is -2.30. The van der Waals surface area contributed by atoms with Crippen LogP contribution in [0.15, 0.2) is 18.2 Å². The molecule has 0 radical (unpaired) electrons. The highest BCUT2D eigenvalue weighted by Crippen LogP contribution is 2.38. The molecule has 0 spiro atoms. The van der Waals surface area contributed by atoms with Crippen LogP contribution in [0.25, 0.3) is 0 Å². The average Bonchev–Trinajstić information content (AvgIpc) is 2.86. The number of carbonyl (C=O) groups excluding carboxylic acids is 1. The fraction of sp³-hybridized carbons (Fsp3) is 0.533. The topological polar surface area (TPSA) is 47.6 Å². The fourth-order valence-electron chi connectivity index (χ4n) is 2.54. The van der Waals surface area contributed by atoms with Crippen LogP contribution in [0.2, 0.25) is 0 Å². The van der Waals surface area contributed by atoms with Gasteiger partial charge in [-0.25, -0.2) is 0 Å². The normalized spacial score (nSPS) is 17.0. The number of benzene rings is 1. The van der Waals surface area contributed by atoms with Crippen molar-refractivity contribution in [1.29, 1.82) is 0 Å². The Balaban J connectivity index is 2.16. The van der Waals surface area contributed by atoms with E-state index in [0.29, 0.717) is 17.2 Å². The van der Waals surface area contributed by atoms with E-state index in [1.165, 1.54) is 0 Å². The first-order chi connectivity index (χ1) is 9.07. The quantitative estimate of drug-likeness (QED) is 0.907. The van der Waals surface area contributed by atoms with Crippen LogP contribution in [0.4, 0.5) is 5.69 Å². The van der Waals surface area contributed by atoms with Crippen LogP contribution in [0.1, 0.15) is 32.6 Å². The Bertz CT molecular complexity index is 442. The lowest BCUT2D eigenvalue weighted by molar-refractivity contribution is -0.124. The molecule has 1 aromatic rings. The Morgan fingerprint density at radius 1 is 1.11 bits per heavy atom. The maximum atomic E-state index is 12.3. The van der Waals surface area contributed by atoms with Gasteiger partial charge < -0.3 is 14.8 Å². The smallest absolute Gasteiger partial charge is 0.230 e. The third-order valence-corrected chi connectivity index (χ3v) is 3.86. The molecular formula is C15H21NO3.